The molecule has 0 N–H and O–H groups in total. The Hall–Kier alpha value is -3.91. The number of amides is 1. The number of esters is 1. The summed E-state index contributed by atoms with van der Waals surface area (Å²) < 4.78 is 17.4. The van der Waals surface area contributed by atoms with Gasteiger partial charge in [0.1, 0.15) is 11.3 Å². The molecular weight excluding hydrogens is 526 g/mol. The molecule has 0 saturated heterocycles. The minimum Gasteiger partial charge on any atom is -0.494 e. The number of rotatable bonds is 6. The van der Waals surface area contributed by atoms with Crippen LogP contribution in [0.4, 0.5) is 5.69 Å². The van der Waals surface area contributed by atoms with Crippen molar-refractivity contribution in [3.8, 4) is 5.75 Å². The molecule has 1 amide bonds. The summed E-state index contributed by atoms with van der Waals surface area (Å²) in [7, 11) is 0. The van der Waals surface area contributed by atoms with Gasteiger partial charge in [0, 0.05) is 10.2 Å². The summed E-state index contributed by atoms with van der Waals surface area (Å²) in [6.45, 7) is 4.42. The highest BCUT2D eigenvalue weighted by Crippen LogP contribution is 2.41. The van der Waals surface area contributed by atoms with Crippen LogP contribution in [-0.2, 0) is 4.74 Å². The maximum atomic E-state index is 13.7. The van der Waals surface area contributed by atoms with Crippen molar-refractivity contribution in [2.45, 2.75) is 19.9 Å². The first-order valence-corrected chi connectivity index (χ1v) is 12.3. The Labute approximate surface area is 215 Å². The molecule has 5 rings (SSSR count). The Kier molecular flexibility index (Phi) is 6.36. The SMILES string of the molecule is CCOC(=O)c1ccc(N2C(=O)c3oc4ccc(Br)cc4c(=O)c3C2c2ccc(OCC)cc2)cc1. The van der Waals surface area contributed by atoms with Crippen LogP contribution in [-0.4, -0.2) is 25.1 Å². The maximum Gasteiger partial charge on any atom is 0.338 e. The summed E-state index contributed by atoms with van der Waals surface area (Å²) in [5, 5.41) is 0.381. The van der Waals surface area contributed by atoms with Crippen LogP contribution >= 0.6 is 15.9 Å². The Bertz CT molecular complexity index is 1530. The van der Waals surface area contributed by atoms with Gasteiger partial charge in [0.15, 0.2) is 5.43 Å². The van der Waals surface area contributed by atoms with Crippen molar-refractivity contribution in [1.29, 1.82) is 0 Å². The van der Waals surface area contributed by atoms with E-state index < -0.39 is 17.9 Å². The van der Waals surface area contributed by atoms with E-state index in [1.54, 1.807) is 49.4 Å². The van der Waals surface area contributed by atoms with Gasteiger partial charge in [0.25, 0.3) is 5.91 Å². The van der Waals surface area contributed by atoms with Crippen LogP contribution in [0.2, 0.25) is 0 Å². The molecule has 1 aliphatic rings. The summed E-state index contributed by atoms with van der Waals surface area (Å²) in [5.41, 5.74) is 1.94. The molecular formula is C28H22BrNO6. The minimum atomic E-state index is -0.726. The van der Waals surface area contributed by atoms with E-state index in [2.05, 4.69) is 15.9 Å². The third-order valence-corrected chi connectivity index (χ3v) is 6.49. The average Bonchev–Trinajstić information content (AvgIpc) is 3.18. The molecule has 7 nitrogen and oxygen atoms in total. The van der Waals surface area contributed by atoms with E-state index in [4.69, 9.17) is 13.9 Å². The highest BCUT2D eigenvalue weighted by Gasteiger charge is 2.43. The van der Waals surface area contributed by atoms with Gasteiger partial charge in [-0.25, -0.2) is 4.79 Å². The van der Waals surface area contributed by atoms with E-state index in [0.717, 1.165) is 10.0 Å². The van der Waals surface area contributed by atoms with Crippen LogP contribution in [0, 0.1) is 0 Å². The normalized spacial score (nSPS) is 14.7. The first-order chi connectivity index (χ1) is 17.4. The van der Waals surface area contributed by atoms with Gasteiger partial charge < -0.3 is 13.9 Å². The molecule has 4 aromatic rings. The summed E-state index contributed by atoms with van der Waals surface area (Å²) >= 11 is 3.41. The molecule has 8 heteroatoms. The molecule has 1 aromatic heterocycles. The number of nitrogens with zero attached hydrogens (tertiary/aromatic N) is 1. The standard InChI is InChI=1S/C28H22BrNO6/c1-3-34-20-12-7-16(8-13-20)24-23-25(31)21-15-18(29)9-14-22(21)36-26(23)27(32)30(24)19-10-5-17(6-11-19)28(33)35-4-2/h5-15,24H,3-4H2,1-2H3. The lowest BCUT2D eigenvalue weighted by Crippen LogP contribution is -2.29. The summed E-state index contributed by atoms with van der Waals surface area (Å²) in [4.78, 5) is 41.1. The fraction of sp³-hybridized carbons (Fsp3) is 0.179. The van der Waals surface area contributed by atoms with Gasteiger partial charge in [-0.3, -0.25) is 14.5 Å². The van der Waals surface area contributed by atoms with Gasteiger partial charge in [-0.1, -0.05) is 28.1 Å². The first kappa shape index (κ1) is 23.8. The molecule has 1 unspecified atom stereocenters. The van der Waals surface area contributed by atoms with Gasteiger partial charge >= 0.3 is 5.97 Å². The Morgan fingerprint density at radius 1 is 0.972 bits per heavy atom. The third-order valence-electron chi connectivity index (χ3n) is 6.00. The lowest BCUT2D eigenvalue weighted by molar-refractivity contribution is 0.0526. The zero-order valence-electron chi connectivity index (χ0n) is 19.6. The van der Waals surface area contributed by atoms with Crippen molar-refractivity contribution in [1.82, 2.24) is 0 Å². The van der Waals surface area contributed by atoms with Gasteiger partial charge in [0.05, 0.1) is 35.8 Å². The number of carbonyl (C=O) groups excluding carboxylic acids is 2. The number of ether oxygens (including phenoxy) is 2. The van der Waals surface area contributed by atoms with Crippen molar-refractivity contribution < 1.29 is 23.5 Å². The fourth-order valence-electron chi connectivity index (χ4n) is 4.41. The van der Waals surface area contributed by atoms with Crippen molar-refractivity contribution in [3.63, 3.8) is 0 Å². The first-order valence-electron chi connectivity index (χ1n) is 11.5. The second kappa shape index (κ2) is 9.62. The molecule has 0 radical (unpaired) electrons. The van der Waals surface area contributed by atoms with Crippen molar-refractivity contribution in [3.05, 3.63) is 104 Å². The van der Waals surface area contributed by atoms with Crippen molar-refractivity contribution in [2.24, 2.45) is 0 Å². The van der Waals surface area contributed by atoms with Crippen LogP contribution in [0.25, 0.3) is 11.0 Å². The smallest absolute Gasteiger partial charge is 0.338 e. The summed E-state index contributed by atoms with van der Waals surface area (Å²) in [6, 6.07) is 18.2. The second-order valence-electron chi connectivity index (χ2n) is 8.16. The molecule has 0 bridgehead atoms. The third kappa shape index (κ3) is 4.07. The highest BCUT2D eigenvalue weighted by molar-refractivity contribution is 9.10. The summed E-state index contributed by atoms with van der Waals surface area (Å²) in [5.74, 6) is -0.194. The Balaban J connectivity index is 1.68. The number of anilines is 1. The van der Waals surface area contributed by atoms with Crippen LogP contribution in [0.5, 0.6) is 5.75 Å². The lowest BCUT2D eigenvalue weighted by Gasteiger charge is -2.25. The minimum absolute atomic E-state index is 0.00294. The highest BCUT2D eigenvalue weighted by atomic mass is 79.9. The molecule has 0 spiro atoms. The van der Waals surface area contributed by atoms with E-state index in [9.17, 15) is 14.4 Å². The molecule has 1 aliphatic heterocycles. The van der Waals surface area contributed by atoms with E-state index >= 15 is 0 Å². The Morgan fingerprint density at radius 3 is 2.36 bits per heavy atom. The van der Waals surface area contributed by atoms with Crippen molar-refractivity contribution >= 4 is 44.5 Å². The fourth-order valence-corrected chi connectivity index (χ4v) is 4.77. The lowest BCUT2D eigenvalue weighted by atomic mass is 9.98. The van der Waals surface area contributed by atoms with E-state index in [1.165, 1.54) is 4.90 Å². The van der Waals surface area contributed by atoms with E-state index in [0.29, 0.717) is 34.6 Å². The zero-order chi connectivity index (χ0) is 25.4. The van der Waals surface area contributed by atoms with E-state index in [1.807, 2.05) is 31.2 Å². The molecule has 36 heavy (non-hydrogen) atoms. The van der Waals surface area contributed by atoms with Crippen molar-refractivity contribution in [2.75, 3.05) is 18.1 Å². The molecule has 3 aromatic carbocycles. The predicted octanol–water partition coefficient (Wildman–Crippen LogP) is 5.88. The second-order valence-corrected chi connectivity index (χ2v) is 9.08. The molecule has 0 aliphatic carbocycles. The number of carbonyl (C=O) groups is 2. The predicted molar refractivity (Wildman–Crippen MR) is 139 cm³/mol. The number of hydrogen-bond donors (Lipinski definition) is 0. The molecule has 0 saturated carbocycles. The van der Waals surface area contributed by atoms with Crippen LogP contribution < -0.4 is 15.1 Å². The molecule has 182 valence electrons. The summed E-state index contributed by atoms with van der Waals surface area (Å²) in [6.07, 6.45) is 0. The van der Waals surface area contributed by atoms with Gasteiger partial charge in [0.2, 0.25) is 5.76 Å². The van der Waals surface area contributed by atoms with Gasteiger partial charge in [-0.15, -0.1) is 0 Å². The number of benzene rings is 3. The van der Waals surface area contributed by atoms with Gasteiger partial charge in [-0.05, 0) is 74.0 Å². The maximum absolute atomic E-state index is 13.7. The number of hydrogen-bond acceptors (Lipinski definition) is 6. The van der Waals surface area contributed by atoms with Crippen LogP contribution in [0.3, 0.4) is 0 Å². The van der Waals surface area contributed by atoms with Crippen LogP contribution in [0.1, 0.15) is 51.9 Å². The van der Waals surface area contributed by atoms with E-state index in [-0.39, 0.29) is 23.4 Å². The molecule has 1 atom stereocenters. The van der Waals surface area contributed by atoms with Crippen LogP contribution in [0.15, 0.2) is 80.4 Å². The Morgan fingerprint density at radius 2 is 1.69 bits per heavy atom. The number of fused-ring (bicyclic) bond motifs is 2. The quantitative estimate of drug-likeness (QED) is 0.280. The van der Waals surface area contributed by atoms with Gasteiger partial charge in [-0.2, -0.15) is 0 Å². The average molecular weight is 548 g/mol. The number of halogens is 1. The monoisotopic (exact) mass is 547 g/mol. The molecule has 2 heterocycles. The largest absolute Gasteiger partial charge is 0.494 e. The topological polar surface area (TPSA) is 86.0 Å². The molecule has 0 fully saturated rings. The zero-order valence-corrected chi connectivity index (χ0v) is 21.2.